The Balaban J connectivity index is 3.26. The fourth-order valence-corrected chi connectivity index (χ4v) is 1.88. The van der Waals surface area contributed by atoms with E-state index >= 15 is 0 Å². The van der Waals surface area contributed by atoms with Crippen molar-refractivity contribution < 1.29 is 13.9 Å². The molecule has 15 heavy (non-hydrogen) atoms. The van der Waals surface area contributed by atoms with Gasteiger partial charge in [-0.2, -0.15) is 0 Å². The normalized spacial score (nSPS) is 14.1. The molecule has 1 aromatic carbocycles. The Morgan fingerprint density at radius 1 is 1.13 bits per heavy atom. The molecule has 0 saturated carbocycles. The second-order valence-electron chi connectivity index (χ2n) is 4.17. The summed E-state index contributed by atoms with van der Waals surface area (Å²) in [7, 11) is 0. The summed E-state index contributed by atoms with van der Waals surface area (Å²) in [6.45, 7) is 6.12. The maximum atomic E-state index is 13.0. The number of aliphatic hydroxyl groups is 1. The first-order chi connectivity index (χ1) is 6.73. The highest BCUT2D eigenvalue weighted by molar-refractivity contribution is 5.39. The van der Waals surface area contributed by atoms with E-state index in [1.54, 1.807) is 26.0 Å². The molecular weight excluding hydrogens is 198 g/mol. The van der Waals surface area contributed by atoms with Crippen molar-refractivity contribution in [2.45, 2.75) is 39.7 Å². The first-order valence-corrected chi connectivity index (χ1v) is 4.87. The van der Waals surface area contributed by atoms with Crippen molar-refractivity contribution in [3.8, 4) is 0 Å². The highest BCUT2D eigenvalue weighted by Gasteiger charge is 2.35. The quantitative estimate of drug-likeness (QED) is 0.800. The lowest BCUT2D eigenvalue weighted by Gasteiger charge is -2.22. The monoisotopic (exact) mass is 214 g/mol. The van der Waals surface area contributed by atoms with Crippen molar-refractivity contribution in [3.05, 3.63) is 34.4 Å². The van der Waals surface area contributed by atoms with Gasteiger partial charge in [0.15, 0.2) is 0 Å². The number of aliphatic hydroxyl groups excluding tert-OH is 1. The van der Waals surface area contributed by atoms with E-state index < -0.39 is 12.0 Å². The third kappa shape index (κ3) is 2.53. The minimum atomic E-state index is -3.11. The highest BCUT2D eigenvalue weighted by atomic mass is 19.3. The molecule has 0 spiro atoms. The second kappa shape index (κ2) is 3.89. The van der Waals surface area contributed by atoms with E-state index in [2.05, 4.69) is 0 Å². The predicted octanol–water partition coefficient (Wildman–Crippen LogP) is 3.30. The van der Waals surface area contributed by atoms with E-state index in [1.807, 2.05) is 6.92 Å². The maximum Gasteiger partial charge on any atom is 0.274 e. The summed E-state index contributed by atoms with van der Waals surface area (Å²) in [4.78, 5) is 0. The molecule has 0 saturated heterocycles. The summed E-state index contributed by atoms with van der Waals surface area (Å²) in [5, 5.41) is 9.56. The van der Waals surface area contributed by atoms with Crippen LogP contribution in [0.4, 0.5) is 8.78 Å². The van der Waals surface area contributed by atoms with Gasteiger partial charge in [0.2, 0.25) is 0 Å². The van der Waals surface area contributed by atoms with Gasteiger partial charge in [-0.1, -0.05) is 17.7 Å². The molecule has 0 aliphatic heterocycles. The Hall–Kier alpha value is -0.960. The van der Waals surface area contributed by atoms with E-state index in [9.17, 15) is 13.9 Å². The summed E-state index contributed by atoms with van der Waals surface area (Å²) in [5.74, 6) is -3.11. The number of aryl methyl sites for hydroxylation is 3. The van der Waals surface area contributed by atoms with Gasteiger partial charge in [-0.05, 0) is 37.5 Å². The summed E-state index contributed by atoms with van der Waals surface area (Å²) >= 11 is 0. The van der Waals surface area contributed by atoms with Gasteiger partial charge in [0.25, 0.3) is 5.92 Å². The Kier molecular flexibility index (Phi) is 3.14. The van der Waals surface area contributed by atoms with Crippen LogP contribution in [0.1, 0.15) is 35.3 Å². The number of hydrogen-bond donors (Lipinski definition) is 1. The van der Waals surface area contributed by atoms with Gasteiger partial charge in [0, 0.05) is 6.92 Å². The molecule has 84 valence electrons. The Morgan fingerprint density at radius 3 is 1.87 bits per heavy atom. The van der Waals surface area contributed by atoms with Gasteiger partial charge < -0.3 is 5.11 Å². The average Bonchev–Trinajstić information content (AvgIpc) is 1.99. The summed E-state index contributed by atoms with van der Waals surface area (Å²) < 4.78 is 26.0. The van der Waals surface area contributed by atoms with Crippen LogP contribution in [-0.4, -0.2) is 11.0 Å². The molecule has 0 aromatic heterocycles. The molecule has 0 heterocycles. The Morgan fingerprint density at radius 2 is 1.53 bits per heavy atom. The van der Waals surface area contributed by atoms with Crippen molar-refractivity contribution in [3.63, 3.8) is 0 Å². The van der Waals surface area contributed by atoms with E-state index in [0.717, 1.165) is 12.5 Å². The maximum absolute atomic E-state index is 13.0. The van der Waals surface area contributed by atoms with Crippen LogP contribution >= 0.6 is 0 Å². The van der Waals surface area contributed by atoms with Crippen molar-refractivity contribution in [2.24, 2.45) is 0 Å². The largest absolute Gasteiger partial charge is 0.382 e. The van der Waals surface area contributed by atoms with Crippen molar-refractivity contribution in [1.82, 2.24) is 0 Å². The predicted molar refractivity (Wildman–Crippen MR) is 56.2 cm³/mol. The zero-order chi connectivity index (χ0) is 11.8. The molecule has 0 radical (unpaired) electrons. The van der Waals surface area contributed by atoms with Gasteiger partial charge >= 0.3 is 0 Å². The molecule has 0 aliphatic rings. The zero-order valence-electron chi connectivity index (χ0n) is 9.44. The van der Waals surface area contributed by atoms with Crippen LogP contribution in [0, 0.1) is 20.8 Å². The number of benzene rings is 1. The Bertz CT molecular complexity index is 343. The minimum absolute atomic E-state index is 0.341. The van der Waals surface area contributed by atoms with Crippen LogP contribution in [-0.2, 0) is 0 Å². The first kappa shape index (κ1) is 12.1. The Labute approximate surface area is 88.7 Å². The van der Waals surface area contributed by atoms with Gasteiger partial charge in [-0.25, -0.2) is 8.78 Å². The fraction of sp³-hybridized carbons (Fsp3) is 0.500. The molecule has 0 amide bonds. The molecule has 1 N–H and O–H groups in total. The smallest absolute Gasteiger partial charge is 0.274 e. The molecule has 0 aliphatic carbocycles. The first-order valence-electron chi connectivity index (χ1n) is 4.87. The van der Waals surface area contributed by atoms with Crippen LogP contribution in [0.15, 0.2) is 12.1 Å². The van der Waals surface area contributed by atoms with E-state index in [0.29, 0.717) is 16.7 Å². The summed E-state index contributed by atoms with van der Waals surface area (Å²) in [6, 6.07) is 3.61. The van der Waals surface area contributed by atoms with Crippen molar-refractivity contribution in [1.29, 1.82) is 0 Å². The summed E-state index contributed by atoms with van der Waals surface area (Å²) in [5.41, 5.74) is 2.77. The zero-order valence-corrected chi connectivity index (χ0v) is 9.44. The van der Waals surface area contributed by atoms with Crippen molar-refractivity contribution >= 4 is 0 Å². The van der Waals surface area contributed by atoms with Gasteiger partial charge in [0.05, 0.1) is 0 Å². The lowest BCUT2D eigenvalue weighted by atomic mass is 9.93. The fourth-order valence-electron chi connectivity index (χ4n) is 1.88. The van der Waals surface area contributed by atoms with Crippen molar-refractivity contribution in [2.75, 3.05) is 0 Å². The van der Waals surface area contributed by atoms with Crippen LogP contribution < -0.4 is 0 Å². The molecule has 1 atom stereocenters. The molecular formula is C12H16F2O. The standard InChI is InChI=1S/C12H16F2O/c1-7-5-8(2)10(9(3)6-7)11(15)12(4,13)14/h5-6,11,15H,1-4H3. The lowest BCUT2D eigenvalue weighted by Crippen LogP contribution is -2.23. The third-order valence-corrected chi connectivity index (χ3v) is 2.49. The van der Waals surface area contributed by atoms with E-state index in [-0.39, 0.29) is 0 Å². The molecule has 0 fully saturated rings. The summed E-state index contributed by atoms with van der Waals surface area (Å²) in [6.07, 6.45) is -1.72. The number of alkyl halides is 2. The van der Waals surface area contributed by atoms with Crippen LogP contribution in [0.5, 0.6) is 0 Å². The molecule has 1 aromatic rings. The van der Waals surface area contributed by atoms with Crippen LogP contribution in [0.2, 0.25) is 0 Å². The number of rotatable bonds is 2. The average molecular weight is 214 g/mol. The van der Waals surface area contributed by atoms with Crippen LogP contribution in [0.3, 0.4) is 0 Å². The van der Waals surface area contributed by atoms with E-state index in [4.69, 9.17) is 0 Å². The SMILES string of the molecule is Cc1cc(C)c(C(O)C(C)(F)F)c(C)c1. The lowest BCUT2D eigenvalue weighted by molar-refractivity contribution is -0.0959. The number of halogens is 2. The number of hydrogen-bond acceptors (Lipinski definition) is 1. The van der Waals surface area contributed by atoms with Crippen LogP contribution in [0.25, 0.3) is 0 Å². The molecule has 0 bridgehead atoms. The van der Waals surface area contributed by atoms with Gasteiger partial charge in [-0.3, -0.25) is 0 Å². The minimum Gasteiger partial charge on any atom is -0.382 e. The van der Waals surface area contributed by atoms with E-state index in [1.165, 1.54) is 0 Å². The molecule has 1 nitrogen and oxygen atoms in total. The molecule has 3 heteroatoms. The van der Waals surface area contributed by atoms with Gasteiger partial charge in [-0.15, -0.1) is 0 Å². The topological polar surface area (TPSA) is 20.2 Å². The van der Waals surface area contributed by atoms with Gasteiger partial charge in [0.1, 0.15) is 6.10 Å². The molecule has 1 rings (SSSR count). The highest BCUT2D eigenvalue weighted by Crippen LogP contribution is 2.34. The second-order valence-corrected chi connectivity index (χ2v) is 4.17. The molecule has 1 unspecified atom stereocenters. The third-order valence-electron chi connectivity index (χ3n) is 2.49.